The number of benzene rings is 3. The molecule has 3 aromatic carbocycles. The molecule has 2 aliphatic heterocycles. The monoisotopic (exact) mass is 524 g/mol. The third-order valence-corrected chi connectivity index (χ3v) is 8.62. The summed E-state index contributed by atoms with van der Waals surface area (Å²) in [6.07, 6.45) is 2.36. The Kier molecular flexibility index (Phi) is 9.34. The molecule has 0 saturated carbocycles. The molecule has 3 aromatic rings. The SMILES string of the molecule is C=C(NC(=NC)c1ccc(-c2cccc(CN3CCSCC3)c2)cc1)C1CCCN(Cc2ccccc2)C1. The molecule has 2 saturated heterocycles. The highest BCUT2D eigenvalue weighted by molar-refractivity contribution is 7.99. The molecule has 38 heavy (non-hydrogen) atoms. The molecule has 2 heterocycles. The lowest BCUT2D eigenvalue weighted by Crippen LogP contribution is -2.39. The van der Waals surface area contributed by atoms with Gasteiger partial charge in [0.2, 0.25) is 0 Å². The first-order valence-corrected chi connectivity index (χ1v) is 15.0. The van der Waals surface area contributed by atoms with Crippen molar-refractivity contribution in [2.24, 2.45) is 10.9 Å². The third-order valence-electron chi connectivity index (χ3n) is 7.68. The van der Waals surface area contributed by atoms with Crippen molar-refractivity contribution in [1.82, 2.24) is 15.1 Å². The fourth-order valence-corrected chi connectivity index (χ4v) is 6.50. The molecule has 0 radical (unpaired) electrons. The van der Waals surface area contributed by atoms with Gasteiger partial charge in [-0.3, -0.25) is 14.8 Å². The Morgan fingerprint density at radius 3 is 2.37 bits per heavy atom. The maximum absolute atomic E-state index is 4.59. The summed E-state index contributed by atoms with van der Waals surface area (Å²) in [4.78, 5) is 9.70. The molecule has 0 spiro atoms. The molecule has 4 nitrogen and oxygen atoms in total. The van der Waals surface area contributed by atoms with Crippen LogP contribution in [0.5, 0.6) is 0 Å². The molecular weight excluding hydrogens is 484 g/mol. The fraction of sp³-hybridized carbons (Fsp3) is 0.364. The average molecular weight is 525 g/mol. The summed E-state index contributed by atoms with van der Waals surface area (Å²) in [6.45, 7) is 11.0. The van der Waals surface area contributed by atoms with Gasteiger partial charge in [-0.25, -0.2) is 0 Å². The lowest BCUT2D eigenvalue weighted by Gasteiger charge is -2.34. The second-order valence-corrected chi connectivity index (χ2v) is 11.7. The van der Waals surface area contributed by atoms with E-state index in [-0.39, 0.29) is 0 Å². The Labute approximate surface area is 232 Å². The van der Waals surface area contributed by atoms with E-state index in [4.69, 9.17) is 0 Å². The van der Waals surface area contributed by atoms with Gasteiger partial charge in [0.05, 0.1) is 0 Å². The van der Waals surface area contributed by atoms with Crippen LogP contribution in [0.3, 0.4) is 0 Å². The van der Waals surface area contributed by atoms with E-state index >= 15 is 0 Å². The number of thioether (sulfide) groups is 1. The highest BCUT2D eigenvalue weighted by Crippen LogP contribution is 2.25. The maximum atomic E-state index is 4.59. The van der Waals surface area contributed by atoms with Crippen LogP contribution >= 0.6 is 11.8 Å². The zero-order valence-electron chi connectivity index (χ0n) is 22.6. The van der Waals surface area contributed by atoms with Crippen LogP contribution in [0.15, 0.2) is 96.1 Å². The number of piperidine rings is 1. The molecule has 0 amide bonds. The van der Waals surface area contributed by atoms with Gasteiger partial charge in [-0.15, -0.1) is 0 Å². The van der Waals surface area contributed by atoms with E-state index in [0.717, 1.165) is 43.3 Å². The van der Waals surface area contributed by atoms with Gasteiger partial charge in [-0.05, 0) is 47.7 Å². The van der Waals surface area contributed by atoms with Crippen LogP contribution in [-0.4, -0.2) is 60.4 Å². The quantitative estimate of drug-likeness (QED) is 0.277. The van der Waals surface area contributed by atoms with Gasteiger partial charge in [-0.2, -0.15) is 11.8 Å². The molecule has 1 N–H and O–H groups in total. The van der Waals surface area contributed by atoms with Crippen LogP contribution in [0.4, 0.5) is 0 Å². The predicted molar refractivity (Wildman–Crippen MR) is 164 cm³/mol. The number of nitrogens with zero attached hydrogens (tertiary/aromatic N) is 3. The fourth-order valence-electron chi connectivity index (χ4n) is 5.52. The summed E-state index contributed by atoms with van der Waals surface area (Å²) in [5, 5.41) is 3.57. The van der Waals surface area contributed by atoms with E-state index < -0.39 is 0 Å². The highest BCUT2D eigenvalue weighted by atomic mass is 32.2. The second kappa shape index (κ2) is 13.3. The first-order valence-electron chi connectivity index (χ1n) is 13.9. The molecule has 5 heteroatoms. The number of aliphatic imine (C=N–C) groups is 1. The maximum Gasteiger partial charge on any atom is 0.132 e. The minimum atomic E-state index is 0.421. The summed E-state index contributed by atoms with van der Waals surface area (Å²) in [7, 11) is 1.86. The van der Waals surface area contributed by atoms with Crippen LogP contribution in [0.1, 0.15) is 29.5 Å². The van der Waals surface area contributed by atoms with Gasteiger partial charge in [0.1, 0.15) is 5.84 Å². The van der Waals surface area contributed by atoms with Crippen molar-refractivity contribution in [3.8, 4) is 11.1 Å². The topological polar surface area (TPSA) is 30.9 Å². The van der Waals surface area contributed by atoms with E-state index in [1.54, 1.807) is 0 Å². The molecule has 5 rings (SSSR count). The number of likely N-dealkylation sites (tertiary alicyclic amines) is 1. The number of rotatable bonds is 8. The molecule has 0 bridgehead atoms. The van der Waals surface area contributed by atoms with E-state index in [1.807, 2.05) is 7.05 Å². The summed E-state index contributed by atoms with van der Waals surface area (Å²) < 4.78 is 0. The highest BCUT2D eigenvalue weighted by Gasteiger charge is 2.23. The van der Waals surface area contributed by atoms with Gasteiger partial charge in [-0.1, -0.05) is 79.4 Å². The smallest absolute Gasteiger partial charge is 0.132 e. The predicted octanol–water partition coefficient (Wildman–Crippen LogP) is 6.29. The molecule has 198 valence electrons. The van der Waals surface area contributed by atoms with Crippen molar-refractivity contribution in [2.45, 2.75) is 25.9 Å². The zero-order valence-corrected chi connectivity index (χ0v) is 23.4. The van der Waals surface area contributed by atoms with Crippen molar-refractivity contribution in [2.75, 3.05) is 44.7 Å². The summed E-state index contributed by atoms with van der Waals surface area (Å²) in [5.41, 5.74) is 7.43. The Morgan fingerprint density at radius 1 is 0.868 bits per heavy atom. The van der Waals surface area contributed by atoms with Crippen LogP contribution in [0.2, 0.25) is 0 Å². The second-order valence-electron chi connectivity index (χ2n) is 10.4. The molecule has 1 atom stereocenters. The van der Waals surface area contributed by atoms with Gasteiger partial charge in [0.15, 0.2) is 0 Å². The largest absolute Gasteiger partial charge is 0.344 e. The van der Waals surface area contributed by atoms with Crippen LogP contribution in [-0.2, 0) is 13.1 Å². The standard InChI is InChI=1S/C33H40N4S/c1-26(32-12-7-17-37(25-32)23-27-8-4-3-5-9-27)35-33(34-2)30-15-13-29(14-16-30)31-11-6-10-28(22-31)24-36-18-20-38-21-19-36/h3-6,8-11,13-16,22,32H,1,7,12,17-21,23-25H2,2H3,(H,34,35). The van der Waals surface area contributed by atoms with E-state index in [0.29, 0.717) is 5.92 Å². The molecule has 2 fully saturated rings. The summed E-state index contributed by atoms with van der Waals surface area (Å²) in [6, 6.07) is 28.5. The average Bonchev–Trinajstić information content (AvgIpc) is 2.97. The molecule has 2 aliphatic rings. The van der Waals surface area contributed by atoms with Crippen molar-refractivity contribution in [1.29, 1.82) is 0 Å². The lowest BCUT2D eigenvalue weighted by molar-refractivity contribution is 0.182. The van der Waals surface area contributed by atoms with Crippen LogP contribution in [0, 0.1) is 5.92 Å². The molecule has 1 unspecified atom stereocenters. The minimum Gasteiger partial charge on any atom is -0.344 e. The van der Waals surface area contributed by atoms with E-state index in [2.05, 4.69) is 117 Å². The minimum absolute atomic E-state index is 0.421. The van der Waals surface area contributed by atoms with Crippen molar-refractivity contribution >= 4 is 17.6 Å². The molecule has 0 aliphatic carbocycles. The summed E-state index contributed by atoms with van der Waals surface area (Å²) in [5.74, 6) is 3.80. The first-order chi connectivity index (χ1) is 18.7. The van der Waals surface area contributed by atoms with E-state index in [9.17, 15) is 0 Å². The Morgan fingerprint density at radius 2 is 1.61 bits per heavy atom. The van der Waals surface area contributed by atoms with Gasteiger partial charge in [0.25, 0.3) is 0 Å². The van der Waals surface area contributed by atoms with Crippen LogP contribution in [0.25, 0.3) is 11.1 Å². The normalized spacial score (nSPS) is 19.3. The van der Waals surface area contributed by atoms with E-state index in [1.165, 1.54) is 59.7 Å². The molecular formula is C33H40N4S. The number of hydrogen-bond donors (Lipinski definition) is 1. The Hall–Kier alpha value is -2.86. The number of amidine groups is 1. The summed E-state index contributed by atoms with van der Waals surface area (Å²) >= 11 is 2.06. The number of nitrogens with one attached hydrogen (secondary N) is 1. The lowest BCUT2D eigenvalue weighted by atomic mass is 9.94. The number of hydrogen-bond acceptors (Lipinski definition) is 4. The Bertz CT molecular complexity index is 1220. The van der Waals surface area contributed by atoms with Gasteiger partial charge >= 0.3 is 0 Å². The van der Waals surface area contributed by atoms with Gasteiger partial charge < -0.3 is 5.32 Å². The zero-order chi connectivity index (χ0) is 26.2. The van der Waals surface area contributed by atoms with Crippen LogP contribution < -0.4 is 5.32 Å². The van der Waals surface area contributed by atoms with Crippen molar-refractivity contribution in [3.63, 3.8) is 0 Å². The third kappa shape index (κ3) is 7.16. The van der Waals surface area contributed by atoms with Gasteiger partial charge in [0, 0.05) is 68.5 Å². The molecule has 0 aromatic heterocycles. The Balaban J connectivity index is 1.19. The van der Waals surface area contributed by atoms with Crippen molar-refractivity contribution < 1.29 is 0 Å². The van der Waals surface area contributed by atoms with Crippen molar-refractivity contribution in [3.05, 3.63) is 108 Å². The first kappa shape index (κ1) is 26.7.